The van der Waals surface area contributed by atoms with E-state index < -0.39 is 0 Å². The van der Waals surface area contributed by atoms with Crippen LogP contribution in [0, 0.1) is 11.3 Å². The largest absolute Gasteiger partial charge is 0.360 e. The standard InChI is InChI=1S/C16H23N5OS/c1-20(15-6-5-13(10-17)11-19-15)7-3-2-4-14(18)16(22)21-8-9-23-12-21/h5-6,11,14H,2-4,7-9,12,18H2,1H3/t14-/m0/s1. The number of carbonyl (C=O) groups is 1. The normalized spacial score (nSPS) is 15.3. The predicted octanol–water partition coefficient (Wildman–Crippen LogP) is 1.42. The van der Waals surface area contributed by atoms with E-state index >= 15 is 0 Å². The molecule has 1 saturated heterocycles. The molecule has 23 heavy (non-hydrogen) atoms. The zero-order valence-corrected chi connectivity index (χ0v) is 14.3. The van der Waals surface area contributed by atoms with Gasteiger partial charge in [0.1, 0.15) is 11.9 Å². The third-order valence-corrected chi connectivity index (χ3v) is 4.87. The highest BCUT2D eigenvalue weighted by Gasteiger charge is 2.23. The van der Waals surface area contributed by atoms with Gasteiger partial charge < -0.3 is 15.5 Å². The summed E-state index contributed by atoms with van der Waals surface area (Å²) in [6.45, 7) is 1.67. The summed E-state index contributed by atoms with van der Waals surface area (Å²) in [7, 11) is 1.97. The molecular formula is C16H23N5OS. The molecule has 6 nitrogen and oxygen atoms in total. The van der Waals surface area contributed by atoms with Gasteiger partial charge in [-0.15, -0.1) is 11.8 Å². The summed E-state index contributed by atoms with van der Waals surface area (Å²) < 4.78 is 0. The van der Waals surface area contributed by atoms with Crippen LogP contribution in [0.3, 0.4) is 0 Å². The Kier molecular flexibility index (Phi) is 6.68. The van der Waals surface area contributed by atoms with Gasteiger partial charge in [0, 0.05) is 32.1 Å². The fourth-order valence-electron chi connectivity index (χ4n) is 2.45. The van der Waals surface area contributed by atoms with Crippen LogP contribution in [0.1, 0.15) is 24.8 Å². The Morgan fingerprint density at radius 1 is 1.57 bits per heavy atom. The molecule has 1 fully saturated rings. The smallest absolute Gasteiger partial charge is 0.240 e. The number of nitrogens with two attached hydrogens (primary N) is 1. The molecule has 1 aromatic heterocycles. The highest BCUT2D eigenvalue weighted by Crippen LogP contribution is 2.15. The first-order valence-electron chi connectivity index (χ1n) is 7.81. The van der Waals surface area contributed by atoms with Crippen molar-refractivity contribution in [3.8, 4) is 6.07 Å². The van der Waals surface area contributed by atoms with Crippen molar-refractivity contribution in [2.24, 2.45) is 5.73 Å². The number of rotatable bonds is 7. The van der Waals surface area contributed by atoms with Crippen molar-refractivity contribution in [2.45, 2.75) is 25.3 Å². The molecule has 1 atom stereocenters. The number of hydrogen-bond donors (Lipinski definition) is 1. The monoisotopic (exact) mass is 333 g/mol. The minimum atomic E-state index is -0.382. The molecule has 0 aliphatic carbocycles. The average molecular weight is 333 g/mol. The van der Waals surface area contributed by atoms with Crippen LogP contribution >= 0.6 is 11.8 Å². The molecule has 0 bridgehead atoms. The van der Waals surface area contributed by atoms with Crippen LogP contribution in [0.15, 0.2) is 18.3 Å². The minimum Gasteiger partial charge on any atom is -0.360 e. The van der Waals surface area contributed by atoms with E-state index in [9.17, 15) is 4.79 Å². The average Bonchev–Trinajstić information content (AvgIpc) is 3.12. The third-order valence-electron chi connectivity index (χ3n) is 3.91. The lowest BCUT2D eigenvalue weighted by Crippen LogP contribution is -2.42. The lowest BCUT2D eigenvalue weighted by atomic mass is 10.1. The Morgan fingerprint density at radius 2 is 2.39 bits per heavy atom. The van der Waals surface area contributed by atoms with Crippen molar-refractivity contribution in [3.63, 3.8) is 0 Å². The fraction of sp³-hybridized carbons (Fsp3) is 0.562. The van der Waals surface area contributed by atoms with Gasteiger partial charge in [-0.25, -0.2) is 4.98 Å². The molecule has 7 heteroatoms. The number of nitriles is 1. The lowest BCUT2D eigenvalue weighted by molar-refractivity contribution is -0.131. The molecule has 0 saturated carbocycles. The topological polar surface area (TPSA) is 86.2 Å². The van der Waals surface area contributed by atoms with Crippen molar-refractivity contribution in [3.05, 3.63) is 23.9 Å². The molecule has 2 heterocycles. The Labute approximate surface area is 141 Å². The van der Waals surface area contributed by atoms with Crippen molar-refractivity contribution in [1.82, 2.24) is 9.88 Å². The lowest BCUT2D eigenvalue weighted by Gasteiger charge is -2.20. The summed E-state index contributed by atoms with van der Waals surface area (Å²) >= 11 is 1.78. The summed E-state index contributed by atoms with van der Waals surface area (Å²) in [5.41, 5.74) is 6.56. The molecule has 1 aliphatic rings. The molecule has 2 rings (SSSR count). The second-order valence-corrected chi connectivity index (χ2v) is 6.75. The number of unbranched alkanes of at least 4 members (excludes halogenated alkanes) is 1. The Bertz CT molecular complexity index is 551. The number of carbonyl (C=O) groups excluding carboxylic acids is 1. The first-order chi connectivity index (χ1) is 11.1. The van der Waals surface area contributed by atoms with Gasteiger partial charge in [-0.3, -0.25) is 4.79 Å². The van der Waals surface area contributed by atoms with E-state index in [1.807, 2.05) is 22.9 Å². The second kappa shape index (κ2) is 8.75. The van der Waals surface area contributed by atoms with E-state index in [0.29, 0.717) is 12.0 Å². The van der Waals surface area contributed by atoms with Gasteiger partial charge >= 0.3 is 0 Å². The van der Waals surface area contributed by atoms with Gasteiger partial charge in [0.2, 0.25) is 5.91 Å². The van der Waals surface area contributed by atoms with Crippen molar-refractivity contribution in [1.29, 1.82) is 5.26 Å². The molecule has 0 spiro atoms. The molecule has 1 aromatic rings. The highest BCUT2D eigenvalue weighted by atomic mass is 32.2. The maximum absolute atomic E-state index is 12.1. The number of anilines is 1. The molecule has 0 unspecified atom stereocenters. The molecule has 124 valence electrons. The highest BCUT2D eigenvalue weighted by molar-refractivity contribution is 7.99. The number of amides is 1. The van der Waals surface area contributed by atoms with E-state index in [1.165, 1.54) is 0 Å². The summed E-state index contributed by atoms with van der Waals surface area (Å²) in [6, 6.07) is 5.29. The first kappa shape index (κ1) is 17.6. The van der Waals surface area contributed by atoms with Crippen LogP contribution < -0.4 is 10.6 Å². The summed E-state index contributed by atoms with van der Waals surface area (Å²) in [5.74, 6) is 2.72. The molecular weight excluding hydrogens is 310 g/mol. The van der Waals surface area contributed by atoms with E-state index in [1.54, 1.807) is 24.0 Å². The number of nitrogens with zero attached hydrogens (tertiary/aromatic N) is 4. The molecule has 0 aromatic carbocycles. The van der Waals surface area contributed by atoms with E-state index in [0.717, 1.165) is 43.4 Å². The summed E-state index contributed by atoms with van der Waals surface area (Å²) in [5, 5.41) is 8.77. The van der Waals surface area contributed by atoms with Gasteiger partial charge in [-0.05, 0) is 31.4 Å². The van der Waals surface area contributed by atoms with Crippen molar-refractivity contribution in [2.75, 3.05) is 36.7 Å². The van der Waals surface area contributed by atoms with E-state index in [-0.39, 0.29) is 11.9 Å². The quantitative estimate of drug-likeness (QED) is 0.760. The van der Waals surface area contributed by atoms with Crippen LogP contribution in [0.5, 0.6) is 0 Å². The Hall–Kier alpha value is -1.78. The van der Waals surface area contributed by atoms with Gasteiger partial charge in [-0.2, -0.15) is 5.26 Å². The predicted molar refractivity (Wildman–Crippen MR) is 93.1 cm³/mol. The van der Waals surface area contributed by atoms with Crippen LogP contribution in [0.25, 0.3) is 0 Å². The minimum absolute atomic E-state index is 0.0807. The summed E-state index contributed by atoms with van der Waals surface area (Å²) in [6.07, 6.45) is 4.16. The number of hydrogen-bond acceptors (Lipinski definition) is 6. The first-order valence-corrected chi connectivity index (χ1v) is 8.96. The van der Waals surface area contributed by atoms with Gasteiger partial charge in [0.15, 0.2) is 0 Å². The maximum Gasteiger partial charge on any atom is 0.240 e. The summed E-state index contributed by atoms with van der Waals surface area (Å²) in [4.78, 5) is 20.3. The molecule has 1 amide bonds. The van der Waals surface area contributed by atoms with Crippen LogP contribution in [0.4, 0.5) is 5.82 Å². The van der Waals surface area contributed by atoms with E-state index in [2.05, 4.69) is 11.1 Å². The van der Waals surface area contributed by atoms with Gasteiger partial charge in [0.25, 0.3) is 0 Å². The van der Waals surface area contributed by atoms with Crippen molar-refractivity contribution < 1.29 is 4.79 Å². The fourth-order valence-corrected chi connectivity index (χ4v) is 3.41. The zero-order chi connectivity index (χ0) is 16.7. The molecule has 0 radical (unpaired) electrons. The maximum atomic E-state index is 12.1. The van der Waals surface area contributed by atoms with Gasteiger partial charge in [-0.1, -0.05) is 0 Å². The van der Waals surface area contributed by atoms with Crippen LogP contribution in [-0.4, -0.2) is 53.6 Å². The number of aromatic nitrogens is 1. The molecule has 1 aliphatic heterocycles. The third kappa shape index (κ3) is 5.12. The van der Waals surface area contributed by atoms with Crippen LogP contribution in [-0.2, 0) is 4.79 Å². The number of thioether (sulfide) groups is 1. The Morgan fingerprint density at radius 3 is 3.00 bits per heavy atom. The molecule has 2 N–H and O–H groups in total. The van der Waals surface area contributed by atoms with Crippen LogP contribution in [0.2, 0.25) is 0 Å². The zero-order valence-electron chi connectivity index (χ0n) is 13.4. The van der Waals surface area contributed by atoms with Crippen molar-refractivity contribution >= 4 is 23.5 Å². The van der Waals surface area contributed by atoms with Gasteiger partial charge in [0.05, 0.1) is 17.5 Å². The SMILES string of the molecule is CN(CCCC[C@H](N)C(=O)N1CCSC1)c1ccc(C#N)cn1. The second-order valence-electron chi connectivity index (χ2n) is 5.68. The number of pyridine rings is 1. The Balaban J connectivity index is 1.67. The van der Waals surface area contributed by atoms with E-state index in [4.69, 9.17) is 11.0 Å².